The fourth-order valence-electron chi connectivity index (χ4n) is 4.27. The Morgan fingerprint density at radius 2 is 1.62 bits per heavy atom. The van der Waals surface area contributed by atoms with Crippen LogP contribution in [0.3, 0.4) is 0 Å². The van der Waals surface area contributed by atoms with E-state index in [2.05, 4.69) is 0 Å². The number of ether oxygens (including phenoxy) is 4. The Kier molecular flexibility index (Phi) is 9.05. The number of aryl methyl sites for hydroxylation is 1. The molecule has 3 aromatic carbocycles. The highest BCUT2D eigenvalue weighted by Gasteiger charge is 2.20. The van der Waals surface area contributed by atoms with Crippen molar-refractivity contribution in [2.75, 3.05) is 26.9 Å². The first-order chi connectivity index (χ1) is 18.9. The predicted octanol–water partition coefficient (Wildman–Crippen LogP) is 6.42. The van der Waals surface area contributed by atoms with Crippen molar-refractivity contribution in [2.24, 2.45) is 7.05 Å². The maximum absolute atomic E-state index is 12.5. The lowest BCUT2D eigenvalue weighted by molar-refractivity contribution is 0.0527. The Labute approximate surface area is 228 Å². The molecular formula is C32H33NO6. The molecule has 7 nitrogen and oxygen atoms in total. The zero-order valence-electron chi connectivity index (χ0n) is 22.7. The Hall–Kier alpha value is -4.52. The SMILES string of the molecule is CCOC(=O)c1c(C)n(C)c2ccc(OCCCOc3ccc(C(=O)C=Cc4cccc(OC)c4)cc3)cc12. The summed E-state index contributed by atoms with van der Waals surface area (Å²) >= 11 is 0. The molecule has 0 bridgehead atoms. The van der Waals surface area contributed by atoms with Crippen molar-refractivity contribution in [3.63, 3.8) is 0 Å². The third-order valence-corrected chi connectivity index (χ3v) is 6.43. The van der Waals surface area contributed by atoms with Crippen LogP contribution in [0.4, 0.5) is 0 Å². The minimum atomic E-state index is -0.327. The highest BCUT2D eigenvalue weighted by atomic mass is 16.5. The number of ketones is 1. The minimum Gasteiger partial charge on any atom is -0.497 e. The number of allylic oxidation sites excluding steroid dienone is 1. The second-order valence-corrected chi connectivity index (χ2v) is 8.97. The Morgan fingerprint density at radius 1 is 0.897 bits per heavy atom. The van der Waals surface area contributed by atoms with Gasteiger partial charge in [0.25, 0.3) is 0 Å². The third-order valence-electron chi connectivity index (χ3n) is 6.43. The molecule has 0 aliphatic heterocycles. The molecule has 39 heavy (non-hydrogen) atoms. The van der Waals surface area contributed by atoms with Crippen LogP contribution < -0.4 is 14.2 Å². The molecule has 0 N–H and O–H groups in total. The van der Waals surface area contributed by atoms with Crippen LogP contribution in [-0.2, 0) is 11.8 Å². The van der Waals surface area contributed by atoms with Gasteiger partial charge in [-0.2, -0.15) is 0 Å². The molecule has 4 aromatic rings. The summed E-state index contributed by atoms with van der Waals surface area (Å²) < 4.78 is 24.2. The fourth-order valence-corrected chi connectivity index (χ4v) is 4.27. The smallest absolute Gasteiger partial charge is 0.340 e. The largest absolute Gasteiger partial charge is 0.497 e. The maximum Gasteiger partial charge on any atom is 0.340 e. The third kappa shape index (κ3) is 6.68. The molecule has 1 aromatic heterocycles. The van der Waals surface area contributed by atoms with E-state index in [0.29, 0.717) is 48.9 Å². The van der Waals surface area contributed by atoms with Crippen LogP contribution in [0.1, 0.15) is 45.3 Å². The van der Waals surface area contributed by atoms with Crippen LogP contribution >= 0.6 is 0 Å². The number of rotatable bonds is 12. The molecule has 0 aliphatic carbocycles. The first-order valence-corrected chi connectivity index (χ1v) is 12.9. The maximum atomic E-state index is 12.5. The summed E-state index contributed by atoms with van der Waals surface area (Å²) in [5, 5.41) is 0.815. The number of fused-ring (bicyclic) bond motifs is 1. The fraction of sp³-hybridized carbons (Fsp3) is 0.250. The van der Waals surface area contributed by atoms with Gasteiger partial charge in [0.2, 0.25) is 0 Å². The number of aromatic nitrogens is 1. The van der Waals surface area contributed by atoms with Gasteiger partial charge < -0.3 is 23.5 Å². The monoisotopic (exact) mass is 527 g/mol. The van der Waals surface area contributed by atoms with Gasteiger partial charge in [-0.05, 0) is 80.1 Å². The Bertz CT molecular complexity index is 1480. The summed E-state index contributed by atoms with van der Waals surface area (Å²) in [4.78, 5) is 25.0. The molecule has 0 aliphatic rings. The standard InChI is InChI=1S/C32H33NO6/c1-5-37-32(35)31-22(2)33(3)29-16-15-27(21-28(29)31)39-19-7-18-38-25-13-11-24(12-14-25)30(34)17-10-23-8-6-9-26(20-23)36-4/h6,8-17,20-21H,5,7,18-19H2,1-4H3. The van der Waals surface area contributed by atoms with Crippen molar-refractivity contribution in [2.45, 2.75) is 20.3 Å². The summed E-state index contributed by atoms with van der Waals surface area (Å²) in [7, 11) is 3.54. The molecule has 0 amide bonds. The van der Waals surface area contributed by atoms with Crippen molar-refractivity contribution >= 4 is 28.7 Å². The van der Waals surface area contributed by atoms with E-state index in [1.807, 2.05) is 61.0 Å². The van der Waals surface area contributed by atoms with Crippen molar-refractivity contribution in [3.8, 4) is 17.2 Å². The van der Waals surface area contributed by atoms with E-state index in [9.17, 15) is 9.59 Å². The summed E-state index contributed by atoms with van der Waals surface area (Å²) in [6.07, 6.45) is 3.98. The summed E-state index contributed by atoms with van der Waals surface area (Å²) in [6.45, 7) is 4.95. The lowest BCUT2D eigenvalue weighted by Crippen LogP contribution is -2.06. The van der Waals surface area contributed by atoms with Crippen molar-refractivity contribution in [3.05, 3.63) is 95.2 Å². The second-order valence-electron chi connectivity index (χ2n) is 8.97. The van der Waals surface area contributed by atoms with Gasteiger partial charge in [-0.15, -0.1) is 0 Å². The quantitative estimate of drug-likeness (QED) is 0.0916. The van der Waals surface area contributed by atoms with Crippen LogP contribution in [0, 0.1) is 6.92 Å². The number of hydrogen-bond acceptors (Lipinski definition) is 6. The van der Waals surface area contributed by atoms with E-state index in [1.165, 1.54) is 0 Å². The molecule has 1 heterocycles. The van der Waals surface area contributed by atoms with E-state index >= 15 is 0 Å². The van der Waals surface area contributed by atoms with Crippen LogP contribution in [-0.4, -0.2) is 43.3 Å². The Morgan fingerprint density at radius 3 is 2.33 bits per heavy atom. The van der Waals surface area contributed by atoms with Gasteiger partial charge in [-0.3, -0.25) is 4.79 Å². The van der Waals surface area contributed by atoms with E-state index in [-0.39, 0.29) is 11.8 Å². The topological polar surface area (TPSA) is 76.0 Å². The van der Waals surface area contributed by atoms with Crippen molar-refractivity contribution < 1.29 is 28.5 Å². The predicted molar refractivity (Wildman–Crippen MR) is 152 cm³/mol. The number of esters is 1. The molecule has 0 saturated heterocycles. The molecule has 4 rings (SSSR count). The number of carbonyl (C=O) groups is 2. The van der Waals surface area contributed by atoms with E-state index < -0.39 is 0 Å². The molecule has 0 unspecified atom stereocenters. The average molecular weight is 528 g/mol. The lowest BCUT2D eigenvalue weighted by Gasteiger charge is -2.09. The summed E-state index contributed by atoms with van der Waals surface area (Å²) in [5.41, 5.74) is 3.85. The van der Waals surface area contributed by atoms with Gasteiger partial charge in [-0.1, -0.05) is 18.2 Å². The van der Waals surface area contributed by atoms with Gasteiger partial charge >= 0.3 is 5.97 Å². The second kappa shape index (κ2) is 12.8. The molecule has 202 valence electrons. The molecule has 0 spiro atoms. The van der Waals surface area contributed by atoms with E-state index in [0.717, 1.165) is 27.9 Å². The molecular weight excluding hydrogens is 494 g/mol. The summed E-state index contributed by atoms with van der Waals surface area (Å²) in [6, 6.07) is 20.3. The van der Waals surface area contributed by atoms with Gasteiger partial charge in [0, 0.05) is 35.6 Å². The lowest BCUT2D eigenvalue weighted by atomic mass is 10.1. The number of nitrogens with zero attached hydrogens (tertiary/aromatic N) is 1. The van der Waals surface area contributed by atoms with Gasteiger partial charge in [0.1, 0.15) is 17.2 Å². The molecule has 0 fully saturated rings. The Balaban J connectivity index is 1.27. The van der Waals surface area contributed by atoms with Crippen LogP contribution in [0.5, 0.6) is 17.2 Å². The van der Waals surface area contributed by atoms with Crippen LogP contribution in [0.25, 0.3) is 17.0 Å². The first kappa shape index (κ1) is 27.5. The van der Waals surface area contributed by atoms with Crippen molar-refractivity contribution in [1.29, 1.82) is 0 Å². The zero-order valence-corrected chi connectivity index (χ0v) is 22.7. The van der Waals surface area contributed by atoms with Crippen LogP contribution in [0.2, 0.25) is 0 Å². The molecule has 0 atom stereocenters. The number of benzene rings is 3. The molecule has 0 saturated carbocycles. The summed E-state index contributed by atoms with van der Waals surface area (Å²) in [5.74, 6) is 1.69. The van der Waals surface area contributed by atoms with E-state index in [4.69, 9.17) is 18.9 Å². The zero-order chi connectivity index (χ0) is 27.8. The van der Waals surface area contributed by atoms with Gasteiger partial charge in [-0.25, -0.2) is 4.79 Å². The highest BCUT2D eigenvalue weighted by molar-refractivity contribution is 6.07. The first-order valence-electron chi connectivity index (χ1n) is 12.9. The highest BCUT2D eigenvalue weighted by Crippen LogP contribution is 2.29. The molecule has 0 radical (unpaired) electrons. The van der Waals surface area contributed by atoms with Gasteiger partial charge in [0.15, 0.2) is 5.78 Å². The normalized spacial score (nSPS) is 11.1. The van der Waals surface area contributed by atoms with Crippen molar-refractivity contribution in [1.82, 2.24) is 4.57 Å². The number of methoxy groups -OCH3 is 1. The number of carbonyl (C=O) groups excluding carboxylic acids is 2. The minimum absolute atomic E-state index is 0.0885. The van der Waals surface area contributed by atoms with E-state index in [1.54, 1.807) is 50.5 Å². The van der Waals surface area contributed by atoms with Crippen LogP contribution in [0.15, 0.2) is 72.8 Å². The number of hydrogen-bond donors (Lipinski definition) is 0. The average Bonchev–Trinajstić information content (AvgIpc) is 3.21. The van der Waals surface area contributed by atoms with Gasteiger partial charge in [0.05, 0.1) is 32.5 Å². The molecule has 7 heteroatoms.